The van der Waals surface area contributed by atoms with E-state index in [1.54, 1.807) is 40.5 Å². The molecule has 5 heteroatoms. The molecule has 2 heterocycles. The van der Waals surface area contributed by atoms with Crippen LogP contribution in [-0.4, -0.2) is 28.6 Å². The van der Waals surface area contributed by atoms with Crippen molar-refractivity contribution >= 4 is 29.1 Å². The topological polar surface area (TPSA) is 42.3 Å². The van der Waals surface area contributed by atoms with Crippen molar-refractivity contribution in [3.05, 3.63) is 47.8 Å². The summed E-state index contributed by atoms with van der Waals surface area (Å²) in [6, 6.07) is 9.60. The van der Waals surface area contributed by atoms with E-state index in [4.69, 9.17) is 0 Å². The number of carbonyl (C=O) groups excluding carboxylic acids is 2. The third-order valence-electron chi connectivity index (χ3n) is 3.60. The first-order valence-corrected chi connectivity index (χ1v) is 7.77. The van der Waals surface area contributed by atoms with Gasteiger partial charge in [-0.25, -0.2) is 0 Å². The van der Waals surface area contributed by atoms with Gasteiger partial charge in [0.25, 0.3) is 5.91 Å². The first-order chi connectivity index (χ1) is 10.1. The molecule has 0 spiro atoms. The van der Waals surface area contributed by atoms with E-state index in [-0.39, 0.29) is 11.7 Å². The van der Waals surface area contributed by atoms with E-state index in [9.17, 15) is 9.59 Å². The van der Waals surface area contributed by atoms with Crippen LogP contribution in [0.25, 0.3) is 0 Å². The van der Waals surface area contributed by atoms with Gasteiger partial charge in [-0.3, -0.25) is 9.59 Å². The van der Waals surface area contributed by atoms with Gasteiger partial charge < -0.3 is 9.47 Å². The molecule has 0 unspecified atom stereocenters. The van der Waals surface area contributed by atoms with Crippen molar-refractivity contribution in [1.29, 1.82) is 0 Å². The second kappa shape index (κ2) is 5.41. The lowest BCUT2D eigenvalue weighted by atomic mass is 10.2. The minimum absolute atomic E-state index is 0.0285. The van der Waals surface area contributed by atoms with Crippen LogP contribution in [0.1, 0.15) is 27.8 Å². The Labute approximate surface area is 127 Å². The number of thioether (sulfide) groups is 1. The number of hydrogen-bond donors (Lipinski definition) is 0. The van der Waals surface area contributed by atoms with Crippen LogP contribution in [-0.2, 0) is 7.05 Å². The molecule has 4 nitrogen and oxygen atoms in total. The fraction of sp³-hybridized carbons (Fsp3) is 0.250. The number of nitrogens with zero attached hydrogens (tertiary/aromatic N) is 2. The Morgan fingerprint density at radius 3 is 2.71 bits per heavy atom. The summed E-state index contributed by atoms with van der Waals surface area (Å²) in [5.74, 6) is 0.796. The number of hydrogen-bond acceptors (Lipinski definition) is 3. The maximum atomic E-state index is 12.8. The van der Waals surface area contributed by atoms with Crippen molar-refractivity contribution in [2.24, 2.45) is 7.05 Å². The van der Waals surface area contributed by atoms with Crippen molar-refractivity contribution in [2.75, 3.05) is 17.2 Å². The van der Waals surface area contributed by atoms with E-state index in [1.165, 1.54) is 6.92 Å². The summed E-state index contributed by atoms with van der Waals surface area (Å²) in [5, 5.41) is 0. The Morgan fingerprint density at radius 2 is 2.00 bits per heavy atom. The highest BCUT2D eigenvalue weighted by Crippen LogP contribution is 2.35. The number of benzene rings is 1. The normalized spacial score (nSPS) is 13.9. The Balaban J connectivity index is 1.98. The van der Waals surface area contributed by atoms with E-state index in [0.717, 1.165) is 16.3 Å². The van der Waals surface area contributed by atoms with Gasteiger partial charge in [-0.15, -0.1) is 11.8 Å². The molecular weight excluding hydrogens is 284 g/mol. The highest BCUT2D eigenvalue weighted by Gasteiger charge is 2.25. The number of ketones is 1. The number of rotatable bonds is 2. The molecule has 0 radical (unpaired) electrons. The van der Waals surface area contributed by atoms with Crippen LogP contribution in [0.2, 0.25) is 0 Å². The van der Waals surface area contributed by atoms with Crippen LogP contribution < -0.4 is 4.90 Å². The zero-order valence-corrected chi connectivity index (χ0v) is 12.8. The maximum Gasteiger partial charge on any atom is 0.274 e. The van der Waals surface area contributed by atoms with Crippen LogP contribution in [0.4, 0.5) is 5.69 Å². The molecule has 108 valence electrons. The third-order valence-corrected chi connectivity index (χ3v) is 4.65. The van der Waals surface area contributed by atoms with Gasteiger partial charge in [0.1, 0.15) is 5.69 Å². The smallest absolute Gasteiger partial charge is 0.274 e. The quantitative estimate of drug-likeness (QED) is 0.801. The van der Waals surface area contributed by atoms with E-state index < -0.39 is 0 Å². The maximum absolute atomic E-state index is 12.8. The van der Waals surface area contributed by atoms with Gasteiger partial charge in [-0.2, -0.15) is 0 Å². The molecule has 0 saturated heterocycles. The van der Waals surface area contributed by atoms with Gasteiger partial charge >= 0.3 is 0 Å². The van der Waals surface area contributed by atoms with Crippen molar-refractivity contribution in [2.45, 2.75) is 11.8 Å². The molecule has 0 bridgehead atoms. The average molecular weight is 300 g/mol. The van der Waals surface area contributed by atoms with Crippen LogP contribution >= 0.6 is 11.8 Å². The predicted molar refractivity (Wildman–Crippen MR) is 84.3 cm³/mol. The van der Waals surface area contributed by atoms with Crippen molar-refractivity contribution in [3.8, 4) is 0 Å². The molecule has 1 aromatic heterocycles. The Bertz CT molecular complexity index is 721. The number of Topliss-reactive ketones (excluding diaryl/α,β-unsaturated/α-hetero) is 1. The van der Waals surface area contributed by atoms with Crippen molar-refractivity contribution in [1.82, 2.24) is 4.57 Å². The Morgan fingerprint density at radius 1 is 1.24 bits per heavy atom. The molecule has 0 atom stereocenters. The minimum atomic E-state index is -0.0576. The molecule has 0 fully saturated rings. The predicted octanol–water partition coefficient (Wildman–Crippen LogP) is 2.98. The second-order valence-electron chi connectivity index (χ2n) is 5.05. The van der Waals surface area contributed by atoms with Gasteiger partial charge in [-0.05, 0) is 25.1 Å². The van der Waals surface area contributed by atoms with Gasteiger partial charge in [0, 0.05) is 36.0 Å². The molecule has 1 aliphatic heterocycles. The highest BCUT2D eigenvalue weighted by atomic mass is 32.2. The third kappa shape index (κ3) is 2.49. The first-order valence-electron chi connectivity index (χ1n) is 6.79. The molecule has 0 aliphatic carbocycles. The minimum Gasteiger partial charge on any atom is -0.346 e. The van der Waals surface area contributed by atoms with Crippen molar-refractivity contribution in [3.63, 3.8) is 0 Å². The lowest BCUT2D eigenvalue weighted by Gasteiger charge is -2.29. The summed E-state index contributed by atoms with van der Waals surface area (Å²) in [6.45, 7) is 2.19. The van der Waals surface area contributed by atoms with Gasteiger partial charge in [0.15, 0.2) is 5.78 Å². The number of carbonyl (C=O) groups is 2. The van der Waals surface area contributed by atoms with Gasteiger partial charge in [0.05, 0.1) is 5.69 Å². The summed E-state index contributed by atoms with van der Waals surface area (Å²) < 4.78 is 1.73. The van der Waals surface area contributed by atoms with E-state index in [1.807, 2.05) is 24.3 Å². The second-order valence-corrected chi connectivity index (χ2v) is 6.19. The molecule has 2 aromatic rings. The molecule has 1 aliphatic rings. The molecule has 0 N–H and O–H groups in total. The van der Waals surface area contributed by atoms with E-state index in [2.05, 4.69) is 0 Å². The Hall–Kier alpha value is -2.01. The number of aromatic nitrogens is 1. The fourth-order valence-corrected chi connectivity index (χ4v) is 3.48. The zero-order chi connectivity index (χ0) is 15.0. The Kier molecular flexibility index (Phi) is 3.59. The monoisotopic (exact) mass is 300 g/mol. The number of amides is 1. The standard InChI is InChI=1S/C16H16N2O2S/c1-11(19)12-9-14(17(2)10-12)16(20)18-7-8-21-15-6-4-3-5-13(15)18/h3-6,9-10H,7-8H2,1-2H3. The number of fused-ring (bicyclic) bond motifs is 1. The van der Waals surface area contributed by atoms with E-state index >= 15 is 0 Å². The highest BCUT2D eigenvalue weighted by molar-refractivity contribution is 7.99. The molecule has 0 saturated carbocycles. The average Bonchev–Trinajstić information content (AvgIpc) is 2.88. The van der Waals surface area contributed by atoms with Crippen LogP contribution in [0.15, 0.2) is 41.4 Å². The van der Waals surface area contributed by atoms with Crippen LogP contribution in [0, 0.1) is 0 Å². The lowest BCUT2D eigenvalue weighted by molar-refractivity contribution is 0.0979. The van der Waals surface area contributed by atoms with Crippen LogP contribution in [0.3, 0.4) is 0 Å². The zero-order valence-electron chi connectivity index (χ0n) is 12.0. The lowest BCUT2D eigenvalue weighted by Crippen LogP contribution is -2.36. The summed E-state index contributed by atoms with van der Waals surface area (Å²) in [5.41, 5.74) is 2.06. The molecular formula is C16H16N2O2S. The number of aryl methyl sites for hydroxylation is 1. The van der Waals surface area contributed by atoms with Gasteiger partial charge in [-0.1, -0.05) is 12.1 Å². The number of anilines is 1. The van der Waals surface area contributed by atoms with Crippen LogP contribution in [0.5, 0.6) is 0 Å². The van der Waals surface area contributed by atoms with E-state index in [0.29, 0.717) is 17.8 Å². The molecule has 21 heavy (non-hydrogen) atoms. The largest absolute Gasteiger partial charge is 0.346 e. The summed E-state index contributed by atoms with van der Waals surface area (Å²) >= 11 is 1.76. The molecule has 1 amide bonds. The first kappa shape index (κ1) is 13.9. The summed E-state index contributed by atoms with van der Waals surface area (Å²) in [7, 11) is 1.80. The summed E-state index contributed by atoms with van der Waals surface area (Å²) in [6.07, 6.45) is 1.71. The molecule has 3 rings (SSSR count). The molecule has 1 aromatic carbocycles. The van der Waals surface area contributed by atoms with Crippen molar-refractivity contribution < 1.29 is 9.59 Å². The SMILES string of the molecule is CC(=O)c1cc(C(=O)N2CCSc3ccccc32)n(C)c1. The fourth-order valence-electron chi connectivity index (χ4n) is 2.49. The summed E-state index contributed by atoms with van der Waals surface area (Å²) in [4.78, 5) is 27.2. The number of para-hydroxylation sites is 1. The van der Waals surface area contributed by atoms with Gasteiger partial charge in [0.2, 0.25) is 0 Å².